The third-order valence-electron chi connectivity index (χ3n) is 2.31. The lowest BCUT2D eigenvalue weighted by Crippen LogP contribution is -2.41. The number of furan rings is 1. The topological polar surface area (TPSA) is 99.8 Å². The third-order valence-corrected chi connectivity index (χ3v) is 2.31. The van der Waals surface area contributed by atoms with Crippen molar-refractivity contribution in [3.63, 3.8) is 0 Å². The zero-order valence-electron chi connectivity index (χ0n) is 9.69. The minimum Gasteiger partial charge on any atom is -0.480 e. The number of aryl methyl sites for hydroxylation is 2. The third kappa shape index (κ3) is 3.32. The van der Waals surface area contributed by atoms with Crippen LogP contribution in [0.15, 0.2) is 10.5 Å². The molecule has 1 amide bonds. The van der Waals surface area contributed by atoms with Crippen LogP contribution in [0.1, 0.15) is 28.3 Å². The number of carbonyl (C=O) groups is 2. The van der Waals surface area contributed by atoms with Gasteiger partial charge in [-0.05, 0) is 19.9 Å². The Bertz CT molecular complexity index is 423. The fourth-order valence-corrected chi connectivity index (χ4v) is 1.48. The van der Waals surface area contributed by atoms with E-state index in [1.54, 1.807) is 19.9 Å². The molecule has 0 saturated heterocycles. The number of hydrogen-bond donors (Lipinski definition) is 3. The van der Waals surface area contributed by atoms with Gasteiger partial charge < -0.3 is 19.9 Å². The quantitative estimate of drug-likeness (QED) is 0.695. The van der Waals surface area contributed by atoms with E-state index in [0.717, 1.165) is 0 Å². The summed E-state index contributed by atoms with van der Waals surface area (Å²) in [6.45, 7) is 3.02. The van der Waals surface area contributed by atoms with Gasteiger partial charge in [0.1, 0.15) is 17.6 Å². The van der Waals surface area contributed by atoms with Crippen molar-refractivity contribution in [3.05, 3.63) is 23.2 Å². The predicted octanol–water partition coefficient (Wildman–Crippen LogP) is 0.462. The number of carboxylic acid groups (broad SMARTS) is 1. The molecule has 17 heavy (non-hydrogen) atoms. The van der Waals surface area contributed by atoms with E-state index in [1.165, 1.54) is 0 Å². The van der Waals surface area contributed by atoms with E-state index in [9.17, 15) is 9.59 Å². The van der Waals surface area contributed by atoms with Crippen LogP contribution >= 0.6 is 0 Å². The molecule has 1 atom stereocenters. The Morgan fingerprint density at radius 3 is 2.53 bits per heavy atom. The Kier molecular flexibility index (Phi) is 4.28. The number of rotatable bonds is 5. The second kappa shape index (κ2) is 5.49. The van der Waals surface area contributed by atoms with Crippen molar-refractivity contribution >= 4 is 11.9 Å². The van der Waals surface area contributed by atoms with E-state index in [1.807, 2.05) is 0 Å². The van der Waals surface area contributed by atoms with Crippen molar-refractivity contribution in [1.29, 1.82) is 0 Å². The summed E-state index contributed by atoms with van der Waals surface area (Å²) >= 11 is 0. The number of aliphatic hydroxyl groups excluding tert-OH is 1. The zero-order chi connectivity index (χ0) is 13.0. The molecule has 1 rings (SSSR count). The van der Waals surface area contributed by atoms with Crippen LogP contribution < -0.4 is 5.32 Å². The summed E-state index contributed by atoms with van der Waals surface area (Å²) in [6, 6.07) is 0.449. The summed E-state index contributed by atoms with van der Waals surface area (Å²) in [5, 5.41) is 19.8. The second-order valence-corrected chi connectivity index (χ2v) is 3.70. The molecule has 94 valence electrons. The van der Waals surface area contributed by atoms with Crippen molar-refractivity contribution in [2.75, 3.05) is 6.61 Å². The highest BCUT2D eigenvalue weighted by Gasteiger charge is 2.22. The van der Waals surface area contributed by atoms with Gasteiger partial charge in [0.15, 0.2) is 0 Å². The SMILES string of the molecule is Cc1cc(C(=O)N[C@@H](CCO)C(=O)O)c(C)o1. The first-order chi connectivity index (χ1) is 7.95. The highest BCUT2D eigenvalue weighted by atomic mass is 16.4. The van der Waals surface area contributed by atoms with E-state index in [0.29, 0.717) is 17.1 Å². The highest BCUT2D eigenvalue weighted by molar-refractivity contribution is 5.97. The van der Waals surface area contributed by atoms with Crippen molar-refractivity contribution in [2.24, 2.45) is 0 Å². The number of aliphatic hydroxyl groups is 1. The van der Waals surface area contributed by atoms with Gasteiger partial charge in [-0.2, -0.15) is 0 Å². The molecule has 0 bridgehead atoms. The summed E-state index contributed by atoms with van der Waals surface area (Å²) in [5.41, 5.74) is 0.312. The minimum absolute atomic E-state index is 0.0308. The van der Waals surface area contributed by atoms with E-state index in [-0.39, 0.29) is 13.0 Å². The monoisotopic (exact) mass is 241 g/mol. The van der Waals surface area contributed by atoms with E-state index in [2.05, 4.69) is 5.32 Å². The van der Waals surface area contributed by atoms with Gasteiger partial charge in [0.25, 0.3) is 5.91 Å². The maximum atomic E-state index is 11.8. The van der Waals surface area contributed by atoms with Crippen molar-refractivity contribution in [2.45, 2.75) is 26.3 Å². The van der Waals surface area contributed by atoms with Gasteiger partial charge >= 0.3 is 5.97 Å². The number of aliphatic carboxylic acids is 1. The fraction of sp³-hybridized carbons (Fsp3) is 0.455. The summed E-state index contributed by atoms with van der Waals surface area (Å²) in [5.74, 6) is -0.666. The molecule has 0 spiro atoms. The molecule has 6 heteroatoms. The van der Waals surface area contributed by atoms with Crippen LogP contribution in [0.4, 0.5) is 0 Å². The zero-order valence-corrected chi connectivity index (χ0v) is 9.69. The van der Waals surface area contributed by atoms with Crippen molar-refractivity contribution in [3.8, 4) is 0 Å². The van der Waals surface area contributed by atoms with Gasteiger partial charge in [-0.1, -0.05) is 0 Å². The van der Waals surface area contributed by atoms with Crippen LogP contribution in [-0.2, 0) is 4.79 Å². The van der Waals surface area contributed by atoms with E-state index in [4.69, 9.17) is 14.6 Å². The van der Waals surface area contributed by atoms with Crippen LogP contribution in [0, 0.1) is 13.8 Å². The van der Waals surface area contributed by atoms with Gasteiger partial charge in [0.05, 0.1) is 5.56 Å². The number of carbonyl (C=O) groups excluding carboxylic acids is 1. The molecule has 1 aromatic rings. The van der Waals surface area contributed by atoms with Crippen LogP contribution in [-0.4, -0.2) is 34.7 Å². The van der Waals surface area contributed by atoms with Gasteiger partial charge in [-0.3, -0.25) is 4.79 Å². The number of hydrogen-bond acceptors (Lipinski definition) is 4. The number of amides is 1. The molecule has 1 heterocycles. The Hall–Kier alpha value is -1.82. The Labute approximate surface area is 98.2 Å². The normalized spacial score (nSPS) is 12.2. The predicted molar refractivity (Wildman–Crippen MR) is 58.8 cm³/mol. The van der Waals surface area contributed by atoms with Gasteiger partial charge in [0.2, 0.25) is 0 Å². The van der Waals surface area contributed by atoms with Gasteiger partial charge in [-0.15, -0.1) is 0 Å². The van der Waals surface area contributed by atoms with E-state index < -0.39 is 17.9 Å². The van der Waals surface area contributed by atoms with Gasteiger partial charge in [0, 0.05) is 13.0 Å². The average Bonchev–Trinajstić information content (AvgIpc) is 2.57. The minimum atomic E-state index is -1.18. The molecule has 0 unspecified atom stereocenters. The molecular weight excluding hydrogens is 226 g/mol. The highest BCUT2D eigenvalue weighted by Crippen LogP contribution is 2.13. The smallest absolute Gasteiger partial charge is 0.326 e. The van der Waals surface area contributed by atoms with Crippen molar-refractivity contribution in [1.82, 2.24) is 5.32 Å². The standard InChI is InChI=1S/C11H15NO5/c1-6-5-8(7(2)17-6)10(14)12-9(3-4-13)11(15)16/h5,9,13H,3-4H2,1-2H3,(H,12,14)(H,15,16)/t9-/m0/s1. The molecule has 6 nitrogen and oxygen atoms in total. The van der Waals surface area contributed by atoms with Crippen LogP contribution in [0.3, 0.4) is 0 Å². The summed E-state index contributed by atoms with van der Waals surface area (Å²) in [4.78, 5) is 22.5. The van der Waals surface area contributed by atoms with Crippen molar-refractivity contribution < 1.29 is 24.2 Å². The molecule has 3 N–H and O–H groups in total. The maximum absolute atomic E-state index is 11.8. The van der Waals surface area contributed by atoms with E-state index >= 15 is 0 Å². The van der Waals surface area contributed by atoms with Crippen LogP contribution in [0.5, 0.6) is 0 Å². The molecule has 0 radical (unpaired) electrons. The molecule has 0 fully saturated rings. The number of carboxylic acids is 1. The molecule has 1 aromatic heterocycles. The Morgan fingerprint density at radius 2 is 2.12 bits per heavy atom. The first-order valence-corrected chi connectivity index (χ1v) is 5.17. The average molecular weight is 241 g/mol. The van der Waals surface area contributed by atoms with Crippen LogP contribution in [0.25, 0.3) is 0 Å². The largest absolute Gasteiger partial charge is 0.480 e. The molecule has 0 aliphatic heterocycles. The lowest BCUT2D eigenvalue weighted by molar-refractivity contribution is -0.139. The van der Waals surface area contributed by atoms with Crippen LogP contribution in [0.2, 0.25) is 0 Å². The fourth-order valence-electron chi connectivity index (χ4n) is 1.48. The molecule has 0 aliphatic rings. The summed E-state index contributed by atoms with van der Waals surface area (Å²) in [6.07, 6.45) is -0.0308. The Balaban J connectivity index is 2.77. The molecule has 0 aromatic carbocycles. The second-order valence-electron chi connectivity index (χ2n) is 3.70. The first kappa shape index (κ1) is 13.2. The molecule has 0 saturated carbocycles. The summed E-state index contributed by atoms with van der Waals surface area (Å²) < 4.78 is 5.18. The molecular formula is C11H15NO5. The maximum Gasteiger partial charge on any atom is 0.326 e. The lowest BCUT2D eigenvalue weighted by Gasteiger charge is -2.12. The molecule has 0 aliphatic carbocycles. The summed E-state index contributed by atoms with van der Waals surface area (Å²) in [7, 11) is 0. The lowest BCUT2D eigenvalue weighted by atomic mass is 10.2. The number of nitrogens with one attached hydrogen (secondary N) is 1. The first-order valence-electron chi connectivity index (χ1n) is 5.17. The van der Waals surface area contributed by atoms with Gasteiger partial charge in [-0.25, -0.2) is 4.79 Å². The Morgan fingerprint density at radius 1 is 1.47 bits per heavy atom.